The smallest absolute Gasteiger partial charge is 0.0573 e. The Morgan fingerprint density at radius 1 is 1.60 bits per heavy atom. The largest absolute Gasteiger partial charge is 0.306 e. The van der Waals surface area contributed by atoms with Crippen molar-refractivity contribution in [3.05, 3.63) is 11.6 Å². The lowest BCUT2D eigenvalue weighted by molar-refractivity contribution is 0.764. The van der Waals surface area contributed by atoms with Crippen LogP contribution in [0.15, 0.2) is 11.6 Å². The van der Waals surface area contributed by atoms with Gasteiger partial charge in [-0.25, -0.2) is 0 Å². The second-order valence-corrected chi connectivity index (χ2v) is 2.45. The summed E-state index contributed by atoms with van der Waals surface area (Å²) in [5.41, 5.74) is 1.36. The Labute approximate surface area is 63.5 Å². The minimum absolute atomic E-state index is 0.677. The van der Waals surface area contributed by atoms with E-state index in [2.05, 4.69) is 31.2 Å². The second kappa shape index (κ2) is 6.38. The van der Waals surface area contributed by atoms with Crippen LogP contribution in [-0.2, 0) is 0 Å². The summed E-state index contributed by atoms with van der Waals surface area (Å²) in [4.78, 5) is 0. The zero-order valence-corrected chi connectivity index (χ0v) is 6.78. The Bertz CT molecular complexity index is 135. The molecule has 0 amide bonds. The van der Waals surface area contributed by atoms with Crippen molar-refractivity contribution < 1.29 is 0 Å². The molecule has 0 heterocycles. The first-order valence-electron chi connectivity index (χ1n) is 3.55. The van der Waals surface area contributed by atoms with Crippen LogP contribution in [0.25, 0.3) is 0 Å². The highest BCUT2D eigenvalue weighted by Gasteiger charge is 1.80. The molecular formula is C9H15N. The Kier molecular flexibility index (Phi) is 5.91. The molecule has 0 radical (unpaired) electrons. The third-order valence-electron chi connectivity index (χ3n) is 1.10. The molecule has 56 valence electrons. The van der Waals surface area contributed by atoms with E-state index < -0.39 is 0 Å². The molecule has 1 heteroatoms. The molecule has 0 spiro atoms. The Morgan fingerprint density at radius 3 is 2.80 bits per heavy atom. The molecular weight excluding hydrogens is 122 g/mol. The summed E-state index contributed by atoms with van der Waals surface area (Å²) in [6, 6.07) is 0. The first-order valence-corrected chi connectivity index (χ1v) is 3.55. The van der Waals surface area contributed by atoms with E-state index in [0.29, 0.717) is 6.54 Å². The molecule has 0 saturated heterocycles. The van der Waals surface area contributed by atoms with Gasteiger partial charge in [0.25, 0.3) is 0 Å². The molecule has 0 fully saturated rings. The third-order valence-corrected chi connectivity index (χ3v) is 1.10. The van der Waals surface area contributed by atoms with Crippen molar-refractivity contribution in [2.45, 2.75) is 20.3 Å². The molecule has 1 nitrogen and oxygen atoms in total. The van der Waals surface area contributed by atoms with Crippen LogP contribution < -0.4 is 5.32 Å². The minimum Gasteiger partial charge on any atom is -0.306 e. The molecule has 0 unspecified atom stereocenters. The average Bonchev–Trinajstić information content (AvgIpc) is 1.87. The molecule has 0 aromatic heterocycles. The maximum absolute atomic E-state index is 5.04. The van der Waals surface area contributed by atoms with E-state index in [1.54, 1.807) is 0 Å². The number of allylic oxidation sites excluding steroid dienone is 1. The van der Waals surface area contributed by atoms with Gasteiger partial charge in [-0.3, -0.25) is 0 Å². The zero-order chi connectivity index (χ0) is 7.82. The van der Waals surface area contributed by atoms with Gasteiger partial charge in [-0.2, -0.15) is 0 Å². The fraction of sp³-hybridized carbons (Fsp3) is 0.556. The highest BCUT2D eigenvalue weighted by atomic mass is 14.8. The number of terminal acetylenes is 1. The molecule has 0 aliphatic heterocycles. The quantitative estimate of drug-likeness (QED) is 0.352. The predicted molar refractivity (Wildman–Crippen MR) is 45.8 cm³/mol. The Morgan fingerprint density at radius 2 is 2.30 bits per heavy atom. The van der Waals surface area contributed by atoms with Crippen LogP contribution >= 0.6 is 0 Å². The van der Waals surface area contributed by atoms with Gasteiger partial charge in [-0.1, -0.05) is 17.6 Å². The van der Waals surface area contributed by atoms with Crippen LogP contribution in [0, 0.1) is 12.3 Å². The highest BCUT2D eigenvalue weighted by molar-refractivity contribution is 4.93. The third kappa shape index (κ3) is 7.26. The lowest BCUT2D eigenvalue weighted by Gasteiger charge is -1.95. The van der Waals surface area contributed by atoms with E-state index >= 15 is 0 Å². The van der Waals surface area contributed by atoms with Crippen molar-refractivity contribution in [3.8, 4) is 12.3 Å². The Hall–Kier alpha value is -0.740. The maximum Gasteiger partial charge on any atom is 0.0573 e. The van der Waals surface area contributed by atoms with Gasteiger partial charge >= 0.3 is 0 Å². The summed E-state index contributed by atoms with van der Waals surface area (Å²) >= 11 is 0. The first kappa shape index (κ1) is 9.26. The van der Waals surface area contributed by atoms with E-state index in [1.807, 2.05) is 0 Å². The molecule has 0 aromatic rings. The lowest BCUT2D eigenvalue weighted by Crippen LogP contribution is -2.14. The molecule has 0 aliphatic carbocycles. The zero-order valence-electron chi connectivity index (χ0n) is 6.78. The van der Waals surface area contributed by atoms with Crippen molar-refractivity contribution in [1.82, 2.24) is 5.32 Å². The summed E-state index contributed by atoms with van der Waals surface area (Å²) < 4.78 is 0. The van der Waals surface area contributed by atoms with Crippen molar-refractivity contribution in [1.29, 1.82) is 0 Å². The first-order chi connectivity index (χ1) is 4.77. The normalized spacial score (nSPS) is 8.50. The fourth-order valence-electron chi connectivity index (χ4n) is 0.623. The van der Waals surface area contributed by atoms with Crippen LogP contribution in [0.2, 0.25) is 0 Å². The minimum atomic E-state index is 0.677. The molecule has 0 atom stereocenters. The van der Waals surface area contributed by atoms with Gasteiger partial charge in [0.05, 0.1) is 6.54 Å². The SMILES string of the molecule is C#CCNCCC=C(C)C. The molecule has 1 N–H and O–H groups in total. The van der Waals surface area contributed by atoms with Crippen LogP contribution in [0.5, 0.6) is 0 Å². The predicted octanol–water partition coefficient (Wildman–Crippen LogP) is 1.57. The molecule has 0 aliphatic rings. The Balaban J connectivity index is 3.07. The molecule has 0 bridgehead atoms. The van der Waals surface area contributed by atoms with E-state index in [-0.39, 0.29) is 0 Å². The highest BCUT2D eigenvalue weighted by Crippen LogP contribution is 1.90. The van der Waals surface area contributed by atoms with E-state index in [9.17, 15) is 0 Å². The molecule has 0 aromatic carbocycles. The maximum atomic E-state index is 5.04. The van der Waals surface area contributed by atoms with E-state index in [0.717, 1.165) is 13.0 Å². The summed E-state index contributed by atoms with van der Waals surface area (Å²) in [5.74, 6) is 2.52. The molecule has 0 rings (SSSR count). The van der Waals surface area contributed by atoms with Crippen molar-refractivity contribution in [2.75, 3.05) is 13.1 Å². The van der Waals surface area contributed by atoms with Crippen molar-refractivity contribution in [3.63, 3.8) is 0 Å². The average molecular weight is 137 g/mol. The van der Waals surface area contributed by atoms with Gasteiger partial charge < -0.3 is 5.32 Å². The standard InChI is InChI=1S/C9H15N/c1-4-7-10-8-5-6-9(2)3/h1,6,10H,5,7-8H2,2-3H3. The molecule has 0 saturated carbocycles. The van der Waals surface area contributed by atoms with Gasteiger partial charge in [0.2, 0.25) is 0 Å². The lowest BCUT2D eigenvalue weighted by atomic mass is 10.3. The number of rotatable bonds is 4. The number of hydrogen-bond acceptors (Lipinski definition) is 1. The summed E-state index contributed by atoms with van der Waals surface area (Å²) in [7, 11) is 0. The van der Waals surface area contributed by atoms with Crippen molar-refractivity contribution in [2.24, 2.45) is 0 Å². The fourth-order valence-corrected chi connectivity index (χ4v) is 0.623. The van der Waals surface area contributed by atoms with Gasteiger partial charge in [-0.15, -0.1) is 6.42 Å². The van der Waals surface area contributed by atoms with Gasteiger partial charge in [-0.05, 0) is 26.8 Å². The van der Waals surface area contributed by atoms with Gasteiger partial charge in [0.1, 0.15) is 0 Å². The van der Waals surface area contributed by atoms with Crippen LogP contribution in [-0.4, -0.2) is 13.1 Å². The van der Waals surface area contributed by atoms with E-state index in [1.165, 1.54) is 5.57 Å². The monoisotopic (exact) mass is 137 g/mol. The summed E-state index contributed by atoms with van der Waals surface area (Å²) in [6.45, 7) is 5.86. The topological polar surface area (TPSA) is 12.0 Å². The van der Waals surface area contributed by atoms with Gasteiger partial charge in [0, 0.05) is 0 Å². The number of hydrogen-bond donors (Lipinski definition) is 1. The van der Waals surface area contributed by atoms with E-state index in [4.69, 9.17) is 6.42 Å². The summed E-state index contributed by atoms with van der Waals surface area (Å²) in [6.07, 6.45) is 8.31. The number of nitrogens with one attached hydrogen (secondary N) is 1. The second-order valence-electron chi connectivity index (χ2n) is 2.45. The van der Waals surface area contributed by atoms with Crippen LogP contribution in [0.1, 0.15) is 20.3 Å². The van der Waals surface area contributed by atoms with Crippen molar-refractivity contribution >= 4 is 0 Å². The van der Waals surface area contributed by atoms with Gasteiger partial charge in [0.15, 0.2) is 0 Å². The summed E-state index contributed by atoms with van der Waals surface area (Å²) in [5, 5.41) is 3.11. The molecule has 10 heavy (non-hydrogen) atoms. The van der Waals surface area contributed by atoms with Crippen LogP contribution in [0.4, 0.5) is 0 Å². The van der Waals surface area contributed by atoms with Crippen LogP contribution in [0.3, 0.4) is 0 Å².